The molecule has 0 aliphatic carbocycles. The van der Waals surface area contributed by atoms with Crippen molar-refractivity contribution in [2.45, 2.75) is 4.90 Å². The van der Waals surface area contributed by atoms with Gasteiger partial charge in [-0.15, -0.1) is 12.6 Å². The second kappa shape index (κ2) is 7.69. The number of nitrogens with zero attached hydrogens (tertiary/aromatic N) is 5. The van der Waals surface area contributed by atoms with E-state index in [1.807, 2.05) is 43.6 Å². The molecule has 0 aliphatic rings. The fourth-order valence-corrected chi connectivity index (χ4v) is 3.18. The Balaban J connectivity index is 1.84. The van der Waals surface area contributed by atoms with Gasteiger partial charge in [0.25, 0.3) is 0 Å². The van der Waals surface area contributed by atoms with E-state index in [-0.39, 0.29) is 6.61 Å². The first-order valence-electron chi connectivity index (χ1n) is 8.68. The quantitative estimate of drug-likeness (QED) is 0.345. The predicted octanol–water partition coefficient (Wildman–Crippen LogP) is 3.55. The van der Waals surface area contributed by atoms with Crippen LogP contribution in [-0.4, -0.2) is 26.4 Å². The number of aromatic nitrogens is 4. The van der Waals surface area contributed by atoms with Gasteiger partial charge in [-0.25, -0.2) is 9.97 Å². The lowest BCUT2D eigenvalue weighted by Gasteiger charge is -2.14. The number of nitrogens with one attached hydrogen (secondary N) is 1. The van der Waals surface area contributed by atoms with Crippen LogP contribution in [0.5, 0.6) is 5.75 Å². The summed E-state index contributed by atoms with van der Waals surface area (Å²) in [7, 11) is 1.85. The Morgan fingerprint density at radius 3 is 2.83 bits per heavy atom. The van der Waals surface area contributed by atoms with Gasteiger partial charge in [0, 0.05) is 35.1 Å². The number of thiol groups is 1. The fourth-order valence-electron chi connectivity index (χ4n) is 2.97. The molecule has 0 saturated heterocycles. The van der Waals surface area contributed by atoms with Crippen LogP contribution >= 0.6 is 12.6 Å². The van der Waals surface area contributed by atoms with Crippen molar-refractivity contribution in [1.82, 2.24) is 19.7 Å². The van der Waals surface area contributed by atoms with Crippen LogP contribution in [0.4, 0.5) is 17.2 Å². The van der Waals surface area contributed by atoms with Gasteiger partial charge in [-0.2, -0.15) is 10.4 Å². The highest BCUT2D eigenvalue weighted by Crippen LogP contribution is 2.36. The summed E-state index contributed by atoms with van der Waals surface area (Å²) in [6.07, 6.45) is 5.14. The molecule has 2 aromatic carbocycles. The summed E-state index contributed by atoms with van der Waals surface area (Å²) in [5, 5.41) is 17.1. The first kappa shape index (κ1) is 18.6. The first-order chi connectivity index (χ1) is 14.0. The number of ether oxygens (including phenoxy) is 1. The van der Waals surface area contributed by atoms with E-state index < -0.39 is 0 Å². The maximum absolute atomic E-state index is 8.99. The third-order valence-corrected chi connectivity index (χ3v) is 4.71. The van der Waals surface area contributed by atoms with Crippen LogP contribution in [0.25, 0.3) is 22.0 Å². The minimum absolute atomic E-state index is 0.0947. The smallest absolute Gasteiger partial charge is 0.174 e. The number of fused-ring (bicyclic) bond motifs is 1. The van der Waals surface area contributed by atoms with Gasteiger partial charge >= 0.3 is 0 Å². The summed E-state index contributed by atoms with van der Waals surface area (Å²) in [6, 6.07) is 11.2. The van der Waals surface area contributed by atoms with Gasteiger partial charge in [0.05, 0.1) is 17.1 Å². The Kier molecular flexibility index (Phi) is 4.93. The molecular weight excluding hydrogens is 386 g/mol. The molecule has 0 bridgehead atoms. The summed E-state index contributed by atoms with van der Waals surface area (Å²) < 4.78 is 7.44. The third-order valence-electron chi connectivity index (χ3n) is 4.33. The third kappa shape index (κ3) is 3.79. The minimum atomic E-state index is -0.0947. The van der Waals surface area contributed by atoms with E-state index in [9.17, 15) is 0 Å². The Hall–Kier alpha value is -3.77. The van der Waals surface area contributed by atoms with Crippen LogP contribution < -0.4 is 15.8 Å². The highest BCUT2D eigenvalue weighted by Gasteiger charge is 2.15. The zero-order valence-corrected chi connectivity index (χ0v) is 16.4. The van der Waals surface area contributed by atoms with Crippen molar-refractivity contribution in [2.75, 3.05) is 17.7 Å². The molecule has 0 saturated carbocycles. The molecule has 4 rings (SSSR count). The number of benzene rings is 2. The van der Waals surface area contributed by atoms with E-state index in [1.165, 1.54) is 6.33 Å². The van der Waals surface area contributed by atoms with E-state index in [2.05, 4.69) is 33.0 Å². The molecule has 2 heterocycles. The van der Waals surface area contributed by atoms with Crippen molar-refractivity contribution in [2.24, 2.45) is 7.05 Å². The van der Waals surface area contributed by atoms with Gasteiger partial charge in [-0.05, 0) is 35.9 Å². The van der Waals surface area contributed by atoms with Crippen LogP contribution in [0, 0.1) is 11.3 Å². The van der Waals surface area contributed by atoms with Gasteiger partial charge in [-0.1, -0.05) is 0 Å². The van der Waals surface area contributed by atoms with Crippen molar-refractivity contribution in [1.29, 1.82) is 5.26 Å². The number of nitrogens with two attached hydrogens (primary N) is 1. The first-order valence-corrected chi connectivity index (χ1v) is 9.13. The Labute approximate surface area is 172 Å². The fraction of sp³-hybridized carbons (Fsp3) is 0.100. The lowest BCUT2D eigenvalue weighted by Crippen LogP contribution is -2.01. The molecule has 0 amide bonds. The number of aryl methyl sites for hydroxylation is 1. The van der Waals surface area contributed by atoms with Crippen molar-refractivity contribution in [3.63, 3.8) is 0 Å². The number of nitriles is 1. The summed E-state index contributed by atoms with van der Waals surface area (Å²) in [5.74, 6) is 1.06. The lowest BCUT2D eigenvalue weighted by atomic mass is 10.1. The molecule has 3 N–H and O–H groups in total. The predicted molar refractivity (Wildman–Crippen MR) is 114 cm³/mol. The Morgan fingerprint density at radius 1 is 1.24 bits per heavy atom. The lowest BCUT2D eigenvalue weighted by molar-refractivity contribution is 0.373. The van der Waals surface area contributed by atoms with E-state index >= 15 is 0 Å². The van der Waals surface area contributed by atoms with E-state index in [4.69, 9.17) is 15.7 Å². The minimum Gasteiger partial charge on any atom is -0.478 e. The Morgan fingerprint density at radius 2 is 2.10 bits per heavy atom. The van der Waals surface area contributed by atoms with Crippen molar-refractivity contribution in [3.8, 4) is 22.9 Å². The second-order valence-electron chi connectivity index (χ2n) is 6.34. The van der Waals surface area contributed by atoms with E-state index in [0.717, 1.165) is 16.8 Å². The van der Waals surface area contributed by atoms with E-state index in [0.29, 0.717) is 33.1 Å². The molecule has 4 aromatic rings. The van der Waals surface area contributed by atoms with Crippen molar-refractivity contribution in [3.05, 3.63) is 49.1 Å². The van der Waals surface area contributed by atoms with Gasteiger partial charge < -0.3 is 15.8 Å². The average molecular weight is 403 g/mol. The molecule has 0 atom stereocenters. The van der Waals surface area contributed by atoms with Gasteiger partial charge in [0.1, 0.15) is 24.0 Å². The molecule has 0 spiro atoms. The molecule has 0 aliphatic heterocycles. The SMILES string of the molecule is Cn1cc(-c2cc(OCC#N)c3c(Nc4ccc(N)c(S)c4)ncnc3c2)cn1. The molecule has 0 radical (unpaired) electrons. The number of hydrogen-bond donors (Lipinski definition) is 3. The van der Waals surface area contributed by atoms with Crippen LogP contribution in [0.2, 0.25) is 0 Å². The van der Waals surface area contributed by atoms with Crippen LogP contribution in [0.15, 0.2) is 53.9 Å². The number of hydrogen-bond acceptors (Lipinski definition) is 8. The molecule has 144 valence electrons. The highest BCUT2D eigenvalue weighted by atomic mass is 32.1. The van der Waals surface area contributed by atoms with Crippen LogP contribution in [0.1, 0.15) is 0 Å². The topological polar surface area (TPSA) is 115 Å². The van der Waals surface area contributed by atoms with Gasteiger partial charge in [-0.3, -0.25) is 4.68 Å². The maximum Gasteiger partial charge on any atom is 0.174 e. The van der Waals surface area contributed by atoms with Crippen LogP contribution in [0.3, 0.4) is 0 Å². The highest BCUT2D eigenvalue weighted by molar-refractivity contribution is 7.80. The summed E-state index contributed by atoms with van der Waals surface area (Å²) in [4.78, 5) is 9.43. The zero-order chi connectivity index (χ0) is 20.4. The van der Waals surface area contributed by atoms with Crippen LogP contribution in [-0.2, 0) is 7.05 Å². The maximum atomic E-state index is 8.99. The van der Waals surface area contributed by atoms with E-state index in [1.54, 1.807) is 16.9 Å². The molecule has 0 fully saturated rings. The molecule has 2 aromatic heterocycles. The number of rotatable bonds is 5. The van der Waals surface area contributed by atoms with Gasteiger partial charge in [0.2, 0.25) is 0 Å². The molecule has 8 nitrogen and oxygen atoms in total. The van der Waals surface area contributed by atoms with Gasteiger partial charge in [0.15, 0.2) is 6.61 Å². The summed E-state index contributed by atoms with van der Waals surface area (Å²) >= 11 is 4.36. The second-order valence-corrected chi connectivity index (χ2v) is 6.82. The summed E-state index contributed by atoms with van der Waals surface area (Å²) in [6.45, 7) is -0.0947. The monoisotopic (exact) mass is 403 g/mol. The normalized spacial score (nSPS) is 10.7. The van der Waals surface area contributed by atoms with Crippen molar-refractivity contribution >= 4 is 40.7 Å². The summed E-state index contributed by atoms with van der Waals surface area (Å²) in [5.41, 5.74) is 9.68. The average Bonchev–Trinajstić information content (AvgIpc) is 3.15. The number of anilines is 3. The standard InChI is InChI=1S/C20H17N7OS/c1-27-10-13(9-25-27)12-6-16-19(17(7-12)28-5-4-21)20(24-11-23-16)26-14-2-3-15(22)18(29)8-14/h2-3,6-11,29H,5,22H2,1H3,(H,23,24,26). The largest absolute Gasteiger partial charge is 0.478 e. The molecule has 9 heteroatoms. The molecular formula is C20H17N7OS. The van der Waals surface area contributed by atoms with Crippen molar-refractivity contribution < 1.29 is 4.74 Å². The molecule has 0 unspecified atom stereocenters. The molecule has 29 heavy (non-hydrogen) atoms. The Bertz CT molecular complexity index is 1250. The number of nitrogen functional groups attached to an aromatic ring is 1. The zero-order valence-electron chi connectivity index (χ0n) is 15.5.